The molecule has 0 unspecified atom stereocenters. The average Bonchev–Trinajstić information content (AvgIpc) is 3.44. The highest BCUT2D eigenvalue weighted by molar-refractivity contribution is 6.02. The standard InChI is InChI=1S/C23H24N8O2/c1-14(2)13-16-9-11-17(12-10-16)15(3)25-27-23(32)20-19(18-7-5-4-6-8-18)26-30-31(20)22-21(24)28-33-29-22/h4-12,14H,13H2,1-3H3,(H2,24,28)(H,27,32)/b25-15+. The van der Waals surface area contributed by atoms with Crippen molar-refractivity contribution in [3.05, 3.63) is 71.4 Å². The van der Waals surface area contributed by atoms with Gasteiger partial charge in [-0.3, -0.25) is 4.79 Å². The Morgan fingerprint density at radius 2 is 1.85 bits per heavy atom. The molecule has 10 heteroatoms. The minimum absolute atomic E-state index is 0.0188. The van der Waals surface area contributed by atoms with Crippen LogP contribution < -0.4 is 11.2 Å². The van der Waals surface area contributed by atoms with Crippen LogP contribution in [-0.4, -0.2) is 36.9 Å². The number of nitrogen functional groups attached to an aromatic ring is 1. The van der Waals surface area contributed by atoms with Crippen molar-refractivity contribution in [2.24, 2.45) is 11.0 Å². The molecule has 2 heterocycles. The Labute approximate surface area is 190 Å². The first-order chi connectivity index (χ1) is 15.9. The third-order valence-corrected chi connectivity index (χ3v) is 4.97. The molecule has 0 bridgehead atoms. The predicted molar refractivity (Wildman–Crippen MR) is 124 cm³/mol. The van der Waals surface area contributed by atoms with Crippen molar-refractivity contribution in [3.8, 4) is 17.1 Å². The number of hydrazone groups is 1. The molecular weight excluding hydrogens is 420 g/mol. The van der Waals surface area contributed by atoms with Crippen LogP contribution >= 0.6 is 0 Å². The number of hydrogen-bond acceptors (Lipinski definition) is 8. The van der Waals surface area contributed by atoms with Gasteiger partial charge in [0.15, 0.2) is 5.69 Å². The van der Waals surface area contributed by atoms with Gasteiger partial charge in [-0.1, -0.05) is 73.7 Å². The molecule has 4 rings (SSSR count). The molecule has 0 aliphatic heterocycles. The van der Waals surface area contributed by atoms with Gasteiger partial charge >= 0.3 is 0 Å². The minimum Gasteiger partial charge on any atom is -0.378 e. The molecule has 0 saturated carbocycles. The van der Waals surface area contributed by atoms with E-state index in [1.807, 2.05) is 49.4 Å². The maximum atomic E-state index is 13.2. The number of hydrogen-bond donors (Lipinski definition) is 2. The van der Waals surface area contributed by atoms with Gasteiger partial charge in [-0.15, -0.1) is 5.10 Å². The third kappa shape index (κ3) is 4.79. The first kappa shape index (κ1) is 21.9. The van der Waals surface area contributed by atoms with E-state index in [-0.39, 0.29) is 17.3 Å². The zero-order valence-electron chi connectivity index (χ0n) is 18.6. The van der Waals surface area contributed by atoms with Gasteiger partial charge in [-0.2, -0.15) is 9.78 Å². The van der Waals surface area contributed by atoms with Gasteiger partial charge in [0.2, 0.25) is 11.6 Å². The fraction of sp³-hybridized carbons (Fsp3) is 0.217. The van der Waals surface area contributed by atoms with E-state index in [9.17, 15) is 4.79 Å². The molecule has 0 spiro atoms. The number of benzene rings is 2. The number of rotatable bonds is 7. The lowest BCUT2D eigenvalue weighted by atomic mass is 10.0. The van der Waals surface area contributed by atoms with Crippen LogP contribution in [0.4, 0.5) is 5.82 Å². The summed E-state index contributed by atoms with van der Waals surface area (Å²) in [5, 5.41) is 19.8. The molecule has 2 aromatic heterocycles. The monoisotopic (exact) mass is 444 g/mol. The largest absolute Gasteiger partial charge is 0.378 e. The van der Waals surface area contributed by atoms with Crippen molar-refractivity contribution < 1.29 is 9.42 Å². The Morgan fingerprint density at radius 3 is 2.48 bits per heavy atom. The number of carbonyl (C=O) groups is 1. The summed E-state index contributed by atoms with van der Waals surface area (Å²) in [6, 6.07) is 17.3. The van der Waals surface area contributed by atoms with E-state index < -0.39 is 5.91 Å². The minimum atomic E-state index is -0.531. The number of amides is 1. The second kappa shape index (κ2) is 9.43. The Morgan fingerprint density at radius 1 is 1.12 bits per heavy atom. The van der Waals surface area contributed by atoms with E-state index in [2.05, 4.69) is 61.8 Å². The van der Waals surface area contributed by atoms with E-state index in [1.54, 1.807) is 0 Å². The molecule has 168 valence electrons. The van der Waals surface area contributed by atoms with Crippen molar-refractivity contribution >= 4 is 17.4 Å². The molecule has 33 heavy (non-hydrogen) atoms. The van der Waals surface area contributed by atoms with Crippen LogP contribution in [0.5, 0.6) is 0 Å². The highest BCUT2D eigenvalue weighted by Gasteiger charge is 2.26. The van der Waals surface area contributed by atoms with Crippen LogP contribution in [0.1, 0.15) is 42.4 Å². The summed E-state index contributed by atoms with van der Waals surface area (Å²) in [5.74, 6) is 0.0964. The molecule has 1 amide bonds. The summed E-state index contributed by atoms with van der Waals surface area (Å²) < 4.78 is 5.86. The number of aromatic nitrogens is 5. The lowest BCUT2D eigenvalue weighted by Crippen LogP contribution is -2.23. The predicted octanol–water partition coefficient (Wildman–Crippen LogP) is 3.25. The van der Waals surface area contributed by atoms with Gasteiger partial charge in [0.05, 0.1) is 5.71 Å². The third-order valence-electron chi connectivity index (χ3n) is 4.97. The summed E-state index contributed by atoms with van der Waals surface area (Å²) in [5.41, 5.74) is 12.4. The van der Waals surface area contributed by atoms with E-state index in [1.165, 1.54) is 10.2 Å². The lowest BCUT2D eigenvalue weighted by Gasteiger charge is -2.08. The van der Waals surface area contributed by atoms with Crippen LogP contribution in [0.25, 0.3) is 17.1 Å². The molecular formula is C23H24N8O2. The number of nitrogens with one attached hydrogen (secondary N) is 1. The van der Waals surface area contributed by atoms with Crippen LogP contribution in [0, 0.1) is 5.92 Å². The Hall–Kier alpha value is -4.34. The molecule has 2 aromatic carbocycles. The van der Waals surface area contributed by atoms with Crippen LogP contribution in [-0.2, 0) is 6.42 Å². The van der Waals surface area contributed by atoms with Gasteiger partial charge in [0.1, 0.15) is 5.69 Å². The van der Waals surface area contributed by atoms with Crippen molar-refractivity contribution in [2.75, 3.05) is 5.73 Å². The summed E-state index contributed by atoms with van der Waals surface area (Å²) in [6.07, 6.45) is 1.01. The zero-order valence-corrected chi connectivity index (χ0v) is 18.6. The Kier molecular flexibility index (Phi) is 6.25. The van der Waals surface area contributed by atoms with Gasteiger partial charge in [-0.25, -0.2) is 10.1 Å². The van der Waals surface area contributed by atoms with Gasteiger partial charge in [-0.05, 0) is 40.7 Å². The second-order valence-corrected chi connectivity index (χ2v) is 7.97. The molecule has 0 fully saturated rings. The first-order valence-corrected chi connectivity index (χ1v) is 10.5. The lowest BCUT2D eigenvalue weighted by molar-refractivity contribution is 0.0947. The highest BCUT2D eigenvalue weighted by atomic mass is 16.6. The van der Waals surface area contributed by atoms with E-state index in [4.69, 9.17) is 5.73 Å². The van der Waals surface area contributed by atoms with Gasteiger partial charge in [0, 0.05) is 5.56 Å². The molecule has 0 aliphatic carbocycles. The molecule has 0 radical (unpaired) electrons. The second-order valence-electron chi connectivity index (χ2n) is 7.97. The fourth-order valence-electron chi connectivity index (χ4n) is 3.37. The van der Waals surface area contributed by atoms with Crippen LogP contribution in [0.3, 0.4) is 0 Å². The topological polar surface area (TPSA) is 137 Å². The maximum Gasteiger partial charge on any atom is 0.292 e. The number of anilines is 1. The quantitative estimate of drug-likeness (QED) is 0.330. The van der Waals surface area contributed by atoms with Gasteiger partial charge < -0.3 is 5.73 Å². The Bertz CT molecular complexity index is 1270. The van der Waals surface area contributed by atoms with Crippen molar-refractivity contribution in [1.29, 1.82) is 0 Å². The molecule has 0 aliphatic rings. The van der Waals surface area contributed by atoms with Gasteiger partial charge in [0.25, 0.3) is 5.91 Å². The summed E-state index contributed by atoms with van der Waals surface area (Å²) in [4.78, 5) is 13.2. The van der Waals surface area contributed by atoms with E-state index in [0.717, 1.165) is 12.0 Å². The molecule has 4 aromatic rings. The highest BCUT2D eigenvalue weighted by Crippen LogP contribution is 2.24. The van der Waals surface area contributed by atoms with Crippen molar-refractivity contribution in [1.82, 2.24) is 30.7 Å². The zero-order chi connectivity index (χ0) is 23.4. The molecule has 0 atom stereocenters. The van der Waals surface area contributed by atoms with E-state index in [0.29, 0.717) is 22.9 Å². The van der Waals surface area contributed by atoms with Crippen molar-refractivity contribution in [2.45, 2.75) is 27.2 Å². The summed E-state index contributed by atoms with van der Waals surface area (Å²) in [6.45, 7) is 6.19. The average molecular weight is 444 g/mol. The molecule has 10 nitrogen and oxygen atoms in total. The van der Waals surface area contributed by atoms with Crippen LogP contribution in [0.15, 0.2) is 64.3 Å². The summed E-state index contributed by atoms with van der Waals surface area (Å²) >= 11 is 0. The number of carbonyl (C=O) groups excluding carboxylic acids is 1. The number of nitrogens with two attached hydrogens (primary N) is 1. The normalized spacial score (nSPS) is 11.7. The SMILES string of the molecule is C/C(=N\NC(=O)c1c(-c2ccccc2)nnn1-c1nonc1N)c1ccc(CC(C)C)cc1. The van der Waals surface area contributed by atoms with E-state index >= 15 is 0 Å². The van der Waals surface area contributed by atoms with Crippen LogP contribution in [0.2, 0.25) is 0 Å². The fourth-order valence-corrected chi connectivity index (χ4v) is 3.37. The Balaban J connectivity index is 1.63. The smallest absolute Gasteiger partial charge is 0.292 e. The summed E-state index contributed by atoms with van der Waals surface area (Å²) in [7, 11) is 0. The first-order valence-electron chi connectivity index (χ1n) is 10.5. The number of nitrogens with zero attached hydrogens (tertiary/aromatic N) is 6. The molecule has 0 saturated heterocycles. The van der Waals surface area contributed by atoms with Crippen molar-refractivity contribution in [3.63, 3.8) is 0 Å². The molecule has 3 N–H and O–H groups in total. The maximum absolute atomic E-state index is 13.2.